The van der Waals surface area contributed by atoms with Crippen molar-refractivity contribution < 1.29 is 9.53 Å². The third-order valence-electron chi connectivity index (χ3n) is 4.57. The highest BCUT2D eigenvalue weighted by atomic mass is 16.5. The van der Waals surface area contributed by atoms with E-state index in [1.54, 1.807) is 16.9 Å². The highest BCUT2D eigenvalue weighted by molar-refractivity contribution is 5.74. The molecule has 0 spiro atoms. The molecule has 0 saturated heterocycles. The molecular weight excluding hydrogens is 364 g/mol. The van der Waals surface area contributed by atoms with Gasteiger partial charge in [-0.3, -0.25) is 0 Å². The maximum Gasteiger partial charge on any atom is 0.341 e. The van der Waals surface area contributed by atoms with Crippen LogP contribution in [0.15, 0.2) is 47.6 Å². The number of nitrogens with one attached hydrogen (secondary N) is 1. The Morgan fingerprint density at radius 1 is 1.03 bits per heavy atom. The lowest BCUT2D eigenvalue weighted by Crippen LogP contribution is -2.24. The van der Waals surface area contributed by atoms with Gasteiger partial charge in [0.1, 0.15) is 0 Å². The number of ether oxygens (including phenoxy) is 1. The zero-order valence-corrected chi connectivity index (χ0v) is 17.8. The number of benzene rings is 1. The topological polar surface area (TPSA) is 68.5 Å². The van der Waals surface area contributed by atoms with E-state index in [9.17, 15) is 4.79 Å². The Balaban J connectivity index is 2.00. The molecule has 158 valence electrons. The number of carbonyl (C=O) groups is 1. The largest absolute Gasteiger partial charge is 0.478 e. The number of para-hydroxylation sites is 1. The number of nitrogens with zero attached hydrogens (tertiary/aromatic N) is 3. The fourth-order valence-corrected chi connectivity index (χ4v) is 2.90. The van der Waals surface area contributed by atoms with Crippen LogP contribution in [-0.4, -0.2) is 29.0 Å². The van der Waals surface area contributed by atoms with Gasteiger partial charge in [0.15, 0.2) is 0 Å². The summed E-state index contributed by atoms with van der Waals surface area (Å²) < 4.78 is 7.63. The molecule has 2 amide bonds. The molecule has 0 aliphatic carbocycles. The summed E-state index contributed by atoms with van der Waals surface area (Å²) in [5.74, 6) is 0.578. The molecule has 0 aliphatic heterocycles. The molecule has 1 aromatic heterocycles. The second kappa shape index (κ2) is 13.5. The van der Waals surface area contributed by atoms with Gasteiger partial charge in [-0.15, -0.1) is 0 Å². The summed E-state index contributed by atoms with van der Waals surface area (Å²) >= 11 is 0. The summed E-state index contributed by atoms with van der Waals surface area (Å²) in [7, 11) is 0. The van der Waals surface area contributed by atoms with Crippen LogP contribution in [0.4, 0.5) is 4.79 Å². The maximum atomic E-state index is 12.1. The van der Waals surface area contributed by atoms with E-state index in [0.717, 1.165) is 31.4 Å². The molecule has 6 nitrogen and oxygen atoms in total. The third kappa shape index (κ3) is 8.50. The number of amides is 2. The molecule has 2 aromatic rings. The monoisotopic (exact) mass is 398 g/mol. The van der Waals surface area contributed by atoms with Crippen LogP contribution in [0, 0.1) is 0 Å². The van der Waals surface area contributed by atoms with E-state index in [0.29, 0.717) is 24.4 Å². The van der Waals surface area contributed by atoms with Gasteiger partial charge in [0.25, 0.3) is 0 Å². The number of aromatic nitrogens is 2. The van der Waals surface area contributed by atoms with Crippen LogP contribution in [0.25, 0.3) is 5.69 Å². The lowest BCUT2D eigenvalue weighted by molar-refractivity contribution is 0.248. The van der Waals surface area contributed by atoms with Gasteiger partial charge in [-0.1, -0.05) is 70.6 Å². The van der Waals surface area contributed by atoms with Crippen LogP contribution >= 0.6 is 0 Å². The van der Waals surface area contributed by atoms with Gasteiger partial charge >= 0.3 is 6.03 Å². The zero-order valence-electron chi connectivity index (χ0n) is 17.8. The number of rotatable bonds is 12. The van der Waals surface area contributed by atoms with Crippen LogP contribution in [0.5, 0.6) is 5.88 Å². The van der Waals surface area contributed by atoms with Crippen LogP contribution in [0.3, 0.4) is 0 Å². The predicted octanol–water partition coefficient (Wildman–Crippen LogP) is 5.02. The molecule has 0 unspecified atom stereocenters. The van der Waals surface area contributed by atoms with Gasteiger partial charge in [-0.05, 0) is 25.0 Å². The Morgan fingerprint density at radius 2 is 1.76 bits per heavy atom. The molecular formula is C23H34N4O2. The van der Waals surface area contributed by atoms with Crippen molar-refractivity contribution in [3.8, 4) is 11.6 Å². The summed E-state index contributed by atoms with van der Waals surface area (Å²) in [6, 6.07) is 11.2. The first-order valence-corrected chi connectivity index (χ1v) is 10.8. The van der Waals surface area contributed by atoms with Gasteiger partial charge in [0.2, 0.25) is 5.88 Å². The van der Waals surface area contributed by atoms with Crippen LogP contribution in [0.1, 0.15) is 65.2 Å². The summed E-state index contributed by atoms with van der Waals surface area (Å²) in [6.45, 7) is 5.58. The molecule has 29 heavy (non-hydrogen) atoms. The zero-order chi connectivity index (χ0) is 20.7. The van der Waals surface area contributed by atoms with Crippen molar-refractivity contribution in [3.05, 3.63) is 48.0 Å². The third-order valence-corrected chi connectivity index (χ3v) is 4.57. The van der Waals surface area contributed by atoms with Crippen molar-refractivity contribution in [1.82, 2.24) is 15.1 Å². The van der Waals surface area contributed by atoms with Crippen LogP contribution < -0.4 is 15.4 Å². The van der Waals surface area contributed by atoms with Gasteiger partial charge in [0.05, 0.1) is 23.8 Å². The van der Waals surface area contributed by atoms with Crippen molar-refractivity contribution in [2.24, 2.45) is 4.99 Å². The highest BCUT2D eigenvalue weighted by Crippen LogP contribution is 2.14. The molecule has 0 aliphatic rings. The van der Waals surface area contributed by atoms with E-state index in [-0.39, 0.29) is 6.03 Å². The minimum absolute atomic E-state index is 0.336. The van der Waals surface area contributed by atoms with Crippen molar-refractivity contribution >= 4 is 6.03 Å². The van der Waals surface area contributed by atoms with Gasteiger partial charge in [-0.2, -0.15) is 10.1 Å². The van der Waals surface area contributed by atoms with Crippen LogP contribution in [0.2, 0.25) is 0 Å². The van der Waals surface area contributed by atoms with E-state index in [2.05, 4.69) is 29.3 Å². The van der Waals surface area contributed by atoms with E-state index < -0.39 is 0 Å². The van der Waals surface area contributed by atoms with Crippen molar-refractivity contribution in [2.45, 2.75) is 65.2 Å². The predicted molar refractivity (Wildman–Crippen MR) is 116 cm³/mol. The quantitative estimate of drug-likeness (QED) is 0.510. The minimum Gasteiger partial charge on any atom is -0.478 e. The van der Waals surface area contributed by atoms with Gasteiger partial charge < -0.3 is 10.1 Å². The van der Waals surface area contributed by atoms with Crippen LogP contribution in [-0.2, 0) is 0 Å². The molecule has 0 saturated carbocycles. The standard InChI is InChI=1S/C23H34N4O2/c1-3-5-7-8-9-13-16-24-23(28)26-20-18-22(29-17-6-4-2)27(25-19-20)21-14-11-10-12-15-21/h10-12,14-15,18-19H,3-9,13,16-17H2,1-2H3,(H,24,28)/b26-20-. The molecule has 6 heteroatoms. The average molecular weight is 399 g/mol. The SMILES string of the molecule is CCCCCCCCNC(=O)/N=c1\cnn(-c2ccccc2)c(OCCCC)c1. The summed E-state index contributed by atoms with van der Waals surface area (Å²) in [4.78, 5) is 16.2. The van der Waals surface area contributed by atoms with E-state index in [1.807, 2.05) is 30.3 Å². The van der Waals surface area contributed by atoms with Crippen molar-refractivity contribution in [3.63, 3.8) is 0 Å². The lowest BCUT2D eigenvalue weighted by Gasteiger charge is -2.13. The Labute approximate surface area is 174 Å². The number of carbonyl (C=O) groups excluding carboxylic acids is 1. The molecule has 1 N–H and O–H groups in total. The normalized spacial score (nSPS) is 11.4. The fourth-order valence-electron chi connectivity index (χ4n) is 2.90. The van der Waals surface area contributed by atoms with Gasteiger partial charge in [-0.25, -0.2) is 9.48 Å². The van der Waals surface area contributed by atoms with E-state index >= 15 is 0 Å². The first-order chi connectivity index (χ1) is 14.2. The molecule has 0 fully saturated rings. The minimum atomic E-state index is -0.336. The Hall–Kier alpha value is -2.63. The Morgan fingerprint density at radius 3 is 2.52 bits per heavy atom. The van der Waals surface area contributed by atoms with Gasteiger partial charge in [0, 0.05) is 12.6 Å². The maximum absolute atomic E-state index is 12.1. The Bertz CT molecular complexity index is 787. The Kier molecular flexibility index (Phi) is 10.6. The van der Waals surface area contributed by atoms with E-state index in [4.69, 9.17) is 4.74 Å². The number of unbranched alkanes of at least 4 members (excludes halogenated alkanes) is 6. The smallest absolute Gasteiger partial charge is 0.341 e. The summed E-state index contributed by atoms with van der Waals surface area (Å²) in [5, 5.41) is 7.79. The number of hydrogen-bond donors (Lipinski definition) is 1. The first-order valence-electron chi connectivity index (χ1n) is 10.8. The average Bonchev–Trinajstić information content (AvgIpc) is 2.74. The first kappa shape index (κ1) is 22.7. The number of urea groups is 1. The highest BCUT2D eigenvalue weighted by Gasteiger charge is 2.06. The molecule has 0 atom stereocenters. The molecule has 1 aromatic carbocycles. The number of hydrogen-bond acceptors (Lipinski definition) is 3. The summed E-state index contributed by atoms with van der Waals surface area (Å²) in [6.07, 6.45) is 10.7. The van der Waals surface area contributed by atoms with Crippen molar-refractivity contribution in [1.29, 1.82) is 0 Å². The lowest BCUT2D eigenvalue weighted by atomic mass is 10.1. The molecule has 0 bridgehead atoms. The molecule has 2 rings (SSSR count). The summed E-state index contributed by atoms with van der Waals surface area (Å²) in [5.41, 5.74) is 0.901. The fraction of sp³-hybridized carbons (Fsp3) is 0.522. The molecule has 1 heterocycles. The second-order valence-corrected chi connectivity index (χ2v) is 7.11. The van der Waals surface area contributed by atoms with Crippen molar-refractivity contribution in [2.75, 3.05) is 13.2 Å². The molecule has 0 radical (unpaired) electrons. The van der Waals surface area contributed by atoms with E-state index in [1.165, 1.54) is 25.7 Å². The second-order valence-electron chi connectivity index (χ2n) is 7.11.